The molecule has 6 heteroatoms. The van der Waals surface area contributed by atoms with Crippen LogP contribution in [0.5, 0.6) is 0 Å². The van der Waals surface area contributed by atoms with E-state index < -0.39 is 0 Å². The van der Waals surface area contributed by atoms with E-state index >= 15 is 0 Å². The molecule has 5 nitrogen and oxygen atoms in total. The van der Waals surface area contributed by atoms with Crippen molar-refractivity contribution in [2.45, 2.75) is 50.7 Å². The molecule has 1 aliphatic carbocycles. The van der Waals surface area contributed by atoms with Crippen LogP contribution in [0.15, 0.2) is 29.4 Å². The summed E-state index contributed by atoms with van der Waals surface area (Å²) in [7, 11) is 0. The number of hydrogen-bond donors (Lipinski definition) is 1. The number of aryl methyl sites for hydroxylation is 2. The maximum Gasteiger partial charge on any atom is 0.220 e. The first kappa shape index (κ1) is 17.0. The first-order valence-corrected chi connectivity index (χ1v) is 9.54. The van der Waals surface area contributed by atoms with Crippen LogP contribution in [0.25, 0.3) is 0 Å². The smallest absolute Gasteiger partial charge is 0.220 e. The quantitative estimate of drug-likeness (QED) is 0.620. The second kappa shape index (κ2) is 7.83. The first-order valence-electron chi connectivity index (χ1n) is 8.56. The zero-order valence-corrected chi connectivity index (χ0v) is 15.1. The molecular weight excluding hydrogens is 320 g/mol. The van der Waals surface area contributed by atoms with E-state index in [-0.39, 0.29) is 5.91 Å². The molecule has 1 unspecified atom stereocenters. The first-order chi connectivity index (χ1) is 11.7. The van der Waals surface area contributed by atoms with Gasteiger partial charge in [0.05, 0.1) is 0 Å². The molecule has 1 aromatic heterocycles. The fourth-order valence-electron chi connectivity index (χ4n) is 3.32. The summed E-state index contributed by atoms with van der Waals surface area (Å²) in [4.78, 5) is 12.2. The van der Waals surface area contributed by atoms with Crippen molar-refractivity contribution in [2.24, 2.45) is 0 Å². The third-order valence-electron chi connectivity index (χ3n) is 4.56. The van der Waals surface area contributed by atoms with Crippen molar-refractivity contribution < 1.29 is 4.79 Å². The van der Waals surface area contributed by atoms with E-state index in [2.05, 4.69) is 51.3 Å². The predicted molar refractivity (Wildman–Crippen MR) is 96.3 cm³/mol. The van der Waals surface area contributed by atoms with Gasteiger partial charge in [-0.3, -0.25) is 4.79 Å². The van der Waals surface area contributed by atoms with Gasteiger partial charge < -0.3 is 9.88 Å². The lowest BCUT2D eigenvalue weighted by molar-refractivity contribution is -0.121. The Hall–Kier alpha value is -1.82. The Bertz CT molecular complexity index is 713. The third-order valence-corrected chi connectivity index (χ3v) is 5.53. The van der Waals surface area contributed by atoms with Crippen LogP contribution in [0.4, 0.5) is 0 Å². The molecule has 0 radical (unpaired) electrons. The Morgan fingerprint density at radius 2 is 2.21 bits per heavy atom. The molecule has 1 N–H and O–H groups in total. The number of nitrogens with one attached hydrogen (secondary N) is 1. The molecule has 1 amide bonds. The molecule has 24 heavy (non-hydrogen) atoms. The monoisotopic (exact) mass is 344 g/mol. The van der Waals surface area contributed by atoms with Crippen LogP contribution >= 0.6 is 11.8 Å². The summed E-state index contributed by atoms with van der Waals surface area (Å²) in [5.41, 5.74) is 2.76. The van der Waals surface area contributed by atoms with Gasteiger partial charge in [0.25, 0.3) is 0 Å². The number of nitrogens with zero attached hydrogens (tertiary/aromatic N) is 3. The number of benzene rings is 1. The van der Waals surface area contributed by atoms with Gasteiger partial charge in [-0.2, -0.15) is 0 Å². The van der Waals surface area contributed by atoms with Crippen molar-refractivity contribution in [3.8, 4) is 0 Å². The number of rotatable bonds is 7. The standard InChI is InChI=1S/C18H24N4OS/c1-3-22-13(2)20-21-18(22)24-11-10-19-17(23)12-15-9-8-14-6-4-5-7-16(14)15/h4-7,15H,3,8-12H2,1-2H3,(H,19,23). The van der Waals surface area contributed by atoms with Crippen LogP contribution < -0.4 is 5.32 Å². The summed E-state index contributed by atoms with van der Waals surface area (Å²) in [5.74, 6) is 2.26. The van der Waals surface area contributed by atoms with E-state index in [1.54, 1.807) is 11.8 Å². The van der Waals surface area contributed by atoms with Gasteiger partial charge in [0.2, 0.25) is 5.91 Å². The van der Waals surface area contributed by atoms with Crippen LogP contribution in [0.1, 0.15) is 42.6 Å². The molecule has 1 aliphatic rings. The van der Waals surface area contributed by atoms with E-state index in [0.717, 1.165) is 36.1 Å². The minimum Gasteiger partial charge on any atom is -0.355 e. The number of hydrogen-bond acceptors (Lipinski definition) is 4. The summed E-state index contributed by atoms with van der Waals surface area (Å²) in [5, 5.41) is 12.2. The van der Waals surface area contributed by atoms with E-state index in [4.69, 9.17) is 0 Å². The minimum atomic E-state index is 0.144. The van der Waals surface area contributed by atoms with Gasteiger partial charge in [0.1, 0.15) is 5.82 Å². The Morgan fingerprint density at radius 1 is 1.38 bits per heavy atom. The molecule has 2 aromatic rings. The van der Waals surface area contributed by atoms with E-state index in [0.29, 0.717) is 18.9 Å². The summed E-state index contributed by atoms with van der Waals surface area (Å²) < 4.78 is 2.09. The van der Waals surface area contributed by atoms with Crippen LogP contribution in [0, 0.1) is 6.92 Å². The zero-order chi connectivity index (χ0) is 16.9. The van der Waals surface area contributed by atoms with Crippen molar-refractivity contribution in [1.82, 2.24) is 20.1 Å². The fourth-order valence-corrected chi connectivity index (χ4v) is 4.22. The lowest BCUT2D eigenvalue weighted by atomic mass is 9.97. The average molecular weight is 344 g/mol. The molecule has 1 aromatic carbocycles. The van der Waals surface area contributed by atoms with Crippen LogP contribution in [0.3, 0.4) is 0 Å². The minimum absolute atomic E-state index is 0.144. The molecule has 3 rings (SSSR count). The lowest BCUT2D eigenvalue weighted by Gasteiger charge is -2.11. The second-order valence-corrected chi connectivity index (χ2v) is 7.17. The highest BCUT2D eigenvalue weighted by atomic mass is 32.2. The number of carbonyl (C=O) groups is 1. The molecule has 0 fully saturated rings. The average Bonchev–Trinajstić information content (AvgIpc) is 3.15. The van der Waals surface area contributed by atoms with Crippen LogP contribution in [0.2, 0.25) is 0 Å². The van der Waals surface area contributed by atoms with Gasteiger partial charge in [-0.25, -0.2) is 0 Å². The van der Waals surface area contributed by atoms with Gasteiger partial charge in [0.15, 0.2) is 5.16 Å². The van der Waals surface area contributed by atoms with Crippen LogP contribution in [-0.4, -0.2) is 33.0 Å². The molecule has 128 valence electrons. The lowest BCUT2D eigenvalue weighted by Crippen LogP contribution is -2.27. The van der Waals surface area contributed by atoms with E-state index in [9.17, 15) is 4.79 Å². The highest BCUT2D eigenvalue weighted by Gasteiger charge is 2.23. The number of carbonyl (C=O) groups excluding carboxylic acids is 1. The van der Waals surface area contributed by atoms with Gasteiger partial charge in [0, 0.05) is 25.3 Å². The second-order valence-electron chi connectivity index (χ2n) is 6.11. The van der Waals surface area contributed by atoms with Crippen LogP contribution in [-0.2, 0) is 17.8 Å². The Labute approximate surface area is 147 Å². The summed E-state index contributed by atoms with van der Waals surface area (Å²) in [6.45, 7) is 5.57. The van der Waals surface area contributed by atoms with Gasteiger partial charge in [-0.05, 0) is 43.7 Å². The normalized spacial score (nSPS) is 16.2. The van der Waals surface area contributed by atoms with Crippen molar-refractivity contribution >= 4 is 17.7 Å². The van der Waals surface area contributed by atoms with Gasteiger partial charge in [-0.1, -0.05) is 36.0 Å². The molecular formula is C18H24N4OS. The van der Waals surface area contributed by atoms with Gasteiger partial charge >= 0.3 is 0 Å². The molecule has 0 spiro atoms. The summed E-state index contributed by atoms with van der Waals surface area (Å²) in [6.07, 6.45) is 2.77. The van der Waals surface area contributed by atoms with E-state index in [1.165, 1.54) is 11.1 Å². The van der Waals surface area contributed by atoms with Crippen molar-refractivity contribution in [3.63, 3.8) is 0 Å². The Kier molecular flexibility index (Phi) is 5.56. The van der Waals surface area contributed by atoms with E-state index in [1.807, 2.05) is 6.92 Å². The van der Waals surface area contributed by atoms with Gasteiger partial charge in [-0.15, -0.1) is 10.2 Å². The highest BCUT2D eigenvalue weighted by Crippen LogP contribution is 2.35. The number of aromatic nitrogens is 3. The fraction of sp³-hybridized carbons (Fsp3) is 0.500. The van der Waals surface area contributed by atoms with Crippen molar-refractivity contribution in [1.29, 1.82) is 0 Å². The predicted octanol–water partition coefficient (Wildman–Crippen LogP) is 2.93. The molecule has 1 heterocycles. The summed E-state index contributed by atoms with van der Waals surface area (Å²) >= 11 is 1.64. The molecule has 0 aliphatic heterocycles. The number of fused-ring (bicyclic) bond motifs is 1. The molecule has 1 atom stereocenters. The third kappa shape index (κ3) is 3.80. The number of thioether (sulfide) groups is 1. The van der Waals surface area contributed by atoms with Crippen molar-refractivity contribution in [2.75, 3.05) is 12.3 Å². The molecule has 0 bridgehead atoms. The zero-order valence-electron chi connectivity index (χ0n) is 14.3. The summed E-state index contributed by atoms with van der Waals surface area (Å²) in [6, 6.07) is 8.48. The largest absolute Gasteiger partial charge is 0.355 e. The topological polar surface area (TPSA) is 59.8 Å². The maximum atomic E-state index is 12.2. The molecule has 0 saturated carbocycles. The maximum absolute atomic E-state index is 12.2. The highest BCUT2D eigenvalue weighted by molar-refractivity contribution is 7.99. The Morgan fingerprint density at radius 3 is 3.04 bits per heavy atom. The van der Waals surface area contributed by atoms with Crippen molar-refractivity contribution in [3.05, 3.63) is 41.2 Å². The SMILES string of the molecule is CCn1c(C)nnc1SCCNC(=O)CC1CCc2ccccc21. The number of amides is 1. The molecule has 0 saturated heterocycles. The Balaban J connectivity index is 1.42.